The first-order valence-electron chi connectivity index (χ1n) is 5.16. The van der Waals surface area contributed by atoms with Crippen molar-refractivity contribution in [2.45, 2.75) is 6.92 Å². The van der Waals surface area contributed by atoms with E-state index in [0.717, 1.165) is 10.6 Å². The molecule has 0 fully saturated rings. The number of benzene rings is 1. The van der Waals surface area contributed by atoms with Crippen LogP contribution in [0.5, 0.6) is 0 Å². The number of carbonyl (C=O) groups excluding carboxylic acids is 1. The molecular weight excluding hydrogens is 236 g/mol. The third kappa shape index (κ3) is 3.71. The highest BCUT2D eigenvalue weighted by Gasteiger charge is 2.14. The van der Waals surface area contributed by atoms with Gasteiger partial charge in [0.15, 0.2) is 0 Å². The van der Waals surface area contributed by atoms with E-state index >= 15 is 0 Å². The standard InChI is InChI=1S/C12H16N2O2S/c1-9-5-7-10(8-6-9)11(15)14(4)16-12(17)13(2)3/h5-8H,1-4H3. The molecule has 92 valence electrons. The Morgan fingerprint density at radius 1 is 1.18 bits per heavy atom. The Morgan fingerprint density at radius 3 is 2.18 bits per heavy atom. The van der Waals surface area contributed by atoms with Gasteiger partial charge in [0, 0.05) is 26.7 Å². The lowest BCUT2D eigenvalue weighted by Crippen LogP contribution is -2.34. The Bertz CT molecular complexity index is 415. The topological polar surface area (TPSA) is 32.8 Å². The molecule has 0 aromatic heterocycles. The molecule has 0 atom stereocenters. The number of amides is 1. The summed E-state index contributed by atoms with van der Waals surface area (Å²) in [6.07, 6.45) is 0. The van der Waals surface area contributed by atoms with E-state index in [4.69, 9.17) is 17.1 Å². The fourth-order valence-corrected chi connectivity index (χ4v) is 1.23. The lowest BCUT2D eigenvalue weighted by molar-refractivity contribution is -0.0308. The second-order valence-electron chi connectivity index (χ2n) is 3.92. The van der Waals surface area contributed by atoms with Gasteiger partial charge in [-0.05, 0) is 31.3 Å². The van der Waals surface area contributed by atoms with E-state index in [9.17, 15) is 4.79 Å². The average Bonchev–Trinajstić information content (AvgIpc) is 2.28. The van der Waals surface area contributed by atoms with Crippen molar-refractivity contribution < 1.29 is 9.63 Å². The Labute approximate surface area is 107 Å². The van der Waals surface area contributed by atoms with Gasteiger partial charge in [0.25, 0.3) is 11.1 Å². The Morgan fingerprint density at radius 2 is 1.71 bits per heavy atom. The minimum absolute atomic E-state index is 0.228. The van der Waals surface area contributed by atoms with Crippen LogP contribution in [0, 0.1) is 6.92 Å². The van der Waals surface area contributed by atoms with Crippen LogP contribution in [0.1, 0.15) is 15.9 Å². The summed E-state index contributed by atoms with van der Waals surface area (Å²) in [5.74, 6) is -0.228. The van der Waals surface area contributed by atoms with E-state index < -0.39 is 0 Å². The van der Waals surface area contributed by atoms with Gasteiger partial charge < -0.3 is 9.74 Å². The molecule has 1 amide bonds. The Hall–Kier alpha value is -1.62. The van der Waals surface area contributed by atoms with Crippen LogP contribution >= 0.6 is 12.2 Å². The highest BCUT2D eigenvalue weighted by Crippen LogP contribution is 2.07. The van der Waals surface area contributed by atoms with Crippen molar-refractivity contribution in [1.82, 2.24) is 9.96 Å². The van der Waals surface area contributed by atoms with Crippen molar-refractivity contribution in [3.63, 3.8) is 0 Å². The molecule has 0 N–H and O–H groups in total. The maximum absolute atomic E-state index is 11.9. The molecule has 0 aliphatic carbocycles. The highest BCUT2D eigenvalue weighted by molar-refractivity contribution is 7.79. The van der Waals surface area contributed by atoms with Gasteiger partial charge in [0.05, 0.1) is 0 Å². The monoisotopic (exact) mass is 252 g/mol. The van der Waals surface area contributed by atoms with Crippen molar-refractivity contribution >= 4 is 23.3 Å². The summed E-state index contributed by atoms with van der Waals surface area (Å²) in [6, 6.07) is 7.28. The van der Waals surface area contributed by atoms with Crippen LogP contribution in [-0.4, -0.2) is 42.2 Å². The molecule has 0 unspecified atom stereocenters. The number of nitrogens with zero attached hydrogens (tertiary/aromatic N) is 2. The van der Waals surface area contributed by atoms with Crippen LogP contribution < -0.4 is 0 Å². The summed E-state index contributed by atoms with van der Waals surface area (Å²) in [4.78, 5) is 18.8. The van der Waals surface area contributed by atoms with Gasteiger partial charge in [0.2, 0.25) is 0 Å². The van der Waals surface area contributed by atoms with E-state index in [0.29, 0.717) is 5.56 Å². The second kappa shape index (κ2) is 5.63. The largest absolute Gasteiger partial charge is 0.346 e. The molecule has 5 heteroatoms. The van der Waals surface area contributed by atoms with Gasteiger partial charge in [0.1, 0.15) is 0 Å². The fraction of sp³-hybridized carbons (Fsp3) is 0.333. The third-order valence-electron chi connectivity index (χ3n) is 2.16. The molecule has 0 aliphatic rings. The zero-order valence-electron chi connectivity index (χ0n) is 10.4. The Balaban J connectivity index is 2.70. The van der Waals surface area contributed by atoms with Gasteiger partial charge in [-0.1, -0.05) is 17.7 Å². The number of rotatable bonds is 1. The zero-order chi connectivity index (χ0) is 13.0. The van der Waals surface area contributed by atoms with Gasteiger partial charge in [-0.3, -0.25) is 4.79 Å². The number of hydrogen-bond donors (Lipinski definition) is 0. The first-order chi connectivity index (χ1) is 7.91. The average molecular weight is 252 g/mol. The SMILES string of the molecule is Cc1ccc(C(=O)N(C)OC(=S)N(C)C)cc1. The highest BCUT2D eigenvalue weighted by atomic mass is 32.1. The van der Waals surface area contributed by atoms with E-state index in [2.05, 4.69) is 0 Å². The minimum atomic E-state index is -0.228. The minimum Gasteiger partial charge on any atom is -0.346 e. The molecule has 0 saturated carbocycles. The number of carbonyl (C=O) groups is 1. The second-order valence-corrected chi connectivity index (χ2v) is 4.27. The first-order valence-corrected chi connectivity index (χ1v) is 5.56. The van der Waals surface area contributed by atoms with E-state index in [1.165, 1.54) is 7.05 Å². The predicted molar refractivity (Wildman–Crippen MR) is 70.6 cm³/mol. The summed E-state index contributed by atoms with van der Waals surface area (Å²) in [6.45, 7) is 1.97. The lowest BCUT2D eigenvalue weighted by Gasteiger charge is -2.21. The van der Waals surface area contributed by atoms with Crippen LogP contribution in [0.3, 0.4) is 0 Å². The van der Waals surface area contributed by atoms with Crippen LogP contribution in [0.4, 0.5) is 0 Å². The summed E-state index contributed by atoms with van der Waals surface area (Å²) in [7, 11) is 5.05. The van der Waals surface area contributed by atoms with Gasteiger partial charge in [-0.2, -0.15) is 5.06 Å². The fourth-order valence-electron chi connectivity index (χ4n) is 1.12. The lowest BCUT2D eigenvalue weighted by atomic mass is 10.1. The predicted octanol–water partition coefficient (Wildman–Crippen LogP) is 1.85. The molecule has 0 saturated heterocycles. The van der Waals surface area contributed by atoms with Crippen molar-refractivity contribution in [3.8, 4) is 0 Å². The molecule has 0 spiro atoms. The van der Waals surface area contributed by atoms with E-state index in [-0.39, 0.29) is 11.1 Å². The maximum Gasteiger partial charge on any atom is 0.288 e. The van der Waals surface area contributed by atoms with E-state index in [1.54, 1.807) is 31.1 Å². The number of hydrogen-bond acceptors (Lipinski definition) is 3. The molecule has 0 radical (unpaired) electrons. The maximum atomic E-state index is 11.9. The van der Waals surface area contributed by atoms with Crippen molar-refractivity contribution in [3.05, 3.63) is 35.4 Å². The number of hydroxylamine groups is 2. The smallest absolute Gasteiger partial charge is 0.288 e. The molecule has 0 bridgehead atoms. The van der Waals surface area contributed by atoms with Crippen LogP contribution in [-0.2, 0) is 4.84 Å². The molecule has 1 aromatic rings. The van der Waals surface area contributed by atoms with Crippen molar-refractivity contribution in [2.24, 2.45) is 0 Å². The van der Waals surface area contributed by atoms with Gasteiger partial charge in [-0.25, -0.2) is 0 Å². The third-order valence-corrected chi connectivity index (χ3v) is 2.60. The summed E-state index contributed by atoms with van der Waals surface area (Å²) >= 11 is 4.95. The molecule has 1 aromatic carbocycles. The van der Waals surface area contributed by atoms with E-state index in [1.807, 2.05) is 19.1 Å². The van der Waals surface area contributed by atoms with Crippen molar-refractivity contribution in [1.29, 1.82) is 0 Å². The van der Waals surface area contributed by atoms with Crippen molar-refractivity contribution in [2.75, 3.05) is 21.1 Å². The normalized spacial score (nSPS) is 9.65. The Kier molecular flexibility index (Phi) is 4.45. The van der Waals surface area contributed by atoms with Gasteiger partial charge in [-0.15, -0.1) is 0 Å². The van der Waals surface area contributed by atoms with Crippen LogP contribution in [0.15, 0.2) is 24.3 Å². The molecular formula is C12H16N2O2S. The zero-order valence-corrected chi connectivity index (χ0v) is 11.2. The van der Waals surface area contributed by atoms with Crippen LogP contribution in [0.25, 0.3) is 0 Å². The molecule has 0 heterocycles. The summed E-state index contributed by atoms with van der Waals surface area (Å²) < 4.78 is 0. The molecule has 17 heavy (non-hydrogen) atoms. The summed E-state index contributed by atoms with van der Waals surface area (Å²) in [5.41, 5.74) is 1.67. The number of thiocarbonyl (C=S) groups is 1. The molecule has 1 rings (SSSR count). The molecule has 0 aliphatic heterocycles. The summed E-state index contributed by atoms with van der Waals surface area (Å²) in [5, 5.41) is 1.38. The first kappa shape index (κ1) is 13.4. The molecule has 4 nitrogen and oxygen atoms in total. The quantitative estimate of drug-likeness (QED) is 0.564. The van der Waals surface area contributed by atoms with Gasteiger partial charge >= 0.3 is 0 Å². The number of aryl methyl sites for hydroxylation is 1. The van der Waals surface area contributed by atoms with Crippen LogP contribution in [0.2, 0.25) is 0 Å².